The van der Waals surface area contributed by atoms with Gasteiger partial charge in [-0.15, -0.1) is 0 Å². The molecule has 1 heterocycles. The number of hydrogen-bond donors (Lipinski definition) is 1. The van der Waals surface area contributed by atoms with Gasteiger partial charge in [-0.2, -0.15) is 0 Å². The summed E-state index contributed by atoms with van der Waals surface area (Å²) in [5.74, 6) is 0. The van der Waals surface area contributed by atoms with E-state index in [2.05, 4.69) is 22.8 Å². The van der Waals surface area contributed by atoms with Gasteiger partial charge in [-0.1, -0.05) is 23.7 Å². The van der Waals surface area contributed by atoms with Gasteiger partial charge in [0.15, 0.2) is 0 Å². The van der Waals surface area contributed by atoms with Crippen molar-refractivity contribution in [3.63, 3.8) is 0 Å². The van der Waals surface area contributed by atoms with Crippen LogP contribution in [0.1, 0.15) is 13.8 Å². The van der Waals surface area contributed by atoms with E-state index in [0.717, 1.165) is 36.9 Å². The quantitative estimate of drug-likeness (QED) is 0.911. The molecule has 1 saturated heterocycles. The van der Waals surface area contributed by atoms with Crippen LogP contribution in [-0.4, -0.2) is 48.3 Å². The normalized spacial score (nSPS) is 20.8. The molecule has 0 aromatic heterocycles. The number of nitrogens with zero attached hydrogens (tertiary/aromatic N) is 2. The zero-order valence-corrected chi connectivity index (χ0v) is 11.8. The zero-order valence-electron chi connectivity index (χ0n) is 11.0. The molecule has 100 valence electrons. The van der Waals surface area contributed by atoms with Gasteiger partial charge in [0, 0.05) is 32.2 Å². The molecule has 1 aromatic rings. The van der Waals surface area contributed by atoms with E-state index in [1.807, 2.05) is 25.1 Å². The highest BCUT2D eigenvalue weighted by atomic mass is 35.5. The Morgan fingerprint density at radius 2 is 1.72 bits per heavy atom. The summed E-state index contributed by atoms with van der Waals surface area (Å²) in [6.07, 6.45) is -0.281. The molecule has 0 radical (unpaired) electrons. The maximum atomic E-state index is 9.62. The summed E-state index contributed by atoms with van der Waals surface area (Å²) in [7, 11) is 0. The number of rotatable bonds is 3. The lowest BCUT2D eigenvalue weighted by atomic mass is 10.1. The SMILES string of the molecule is CC(O)C(C)N1CCN(c2ccccc2Cl)CC1. The average Bonchev–Trinajstić information content (AvgIpc) is 2.38. The summed E-state index contributed by atoms with van der Waals surface area (Å²) in [6, 6.07) is 8.19. The van der Waals surface area contributed by atoms with E-state index in [1.165, 1.54) is 0 Å². The Morgan fingerprint density at radius 3 is 2.28 bits per heavy atom. The predicted molar refractivity (Wildman–Crippen MR) is 76.4 cm³/mol. The van der Waals surface area contributed by atoms with Crippen LogP contribution in [-0.2, 0) is 0 Å². The third-order valence-corrected chi connectivity index (χ3v) is 4.10. The fraction of sp³-hybridized carbons (Fsp3) is 0.571. The third-order valence-electron chi connectivity index (χ3n) is 3.78. The van der Waals surface area contributed by atoms with Crippen molar-refractivity contribution in [1.82, 2.24) is 4.90 Å². The first-order valence-electron chi connectivity index (χ1n) is 6.51. The van der Waals surface area contributed by atoms with Gasteiger partial charge in [0.1, 0.15) is 0 Å². The molecule has 4 heteroatoms. The van der Waals surface area contributed by atoms with Gasteiger partial charge in [-0.05, 0) is 26.0 Å². The topological polar surface area (TPSA) is 26.7 Å². The van der Waals surface area contributed by atoms with Crippen molar-refractivity contribution in [2.75, 3.05) is 31.1 Å². The first-order valence-corrected chi connectivity index (χ1v) is 6.89. The first kappa shape index (κ1) is 13.7. The number of halogens is 1. The van der Waals surface area contributed by atoms with Crippen LogP contribution in [0.5, 0.6) is 0 Å². The molecule has 0 spiro atoms. The first-order chi connectivity index (χ1) is 8.59. The van der Waals surface area contributed by atoms with Gasteiger partial charge >= 0.3 is 0 Å². The van der Waals surface area contributed by atoms with E-state index < -0.39 is 0 Å². The van der Waals surface area contributed by atoms with Gasteiger partial charge in [-0.3, -0.25) is 4.90 Å². The summed E-state index contributed by atoms with van der Waals surface area (Å²) in [5.41, 5.74) is 1.11. The Bertz CT molecular complexity index is 389. The minimum atomic E-state index is -0.281. The van der Waals surface area contributed by atoms with Gasteiger partial charge in [-0.25, -0.2) is 0 Å². The molecule has 1 fully saturated rings. The van der Waals surface area contributed by atoms with Crippen molar-refractivity contribution in [1.29, 1.82) is 0 Å². The molecule has 1 aliphatic heterocycles. The lowest BCUT2D eigenvalue weighted by molar-refractivity contribution is 0.0672. The largest absolute Gasteiger partial charge is 0.392 e. The molecule has 0 bridgehead atoms. The molecule has 0 saturated carbocycles. The Hall–Kier alpha value is -0.770. The van der Waals surface area contributed by atoms with Crippen LogP contribution in [0.15, 0.2) is 24.3 Å². The molecule has 2 unspecified atom stereocenters. The van der Waals surface area contributed by atoms with E-state index in [0.29, 0.717) is 0 Å². The predicted octanol–water partition coefficient (Wildman–Crippen LogP) is 2.23. The molecule has 18 heavy (non-hydrogen) atoms. The fourth-order valence-corrected chi connectivity index (χ4v) is 2.64. The number of para-hydroxylation sites is 1. The number of hydrogen-bond acceptors (Lipinski definition) is 3. The number of aliphatic hydroxyl groups excluding tert-OH is 1. The van der Waals surface area contributed by atoms with Crippen LogP contribution in [0.3, 0.4) is 0 Å². The highest BCUT2D eigenvalue weighted by Gasteiger charge is 2.24. The Labute approximate surface area is 114 Å². The molecule has 3 nitrogen and oxygen atoms in total. The highest BCUT2D eigenvalue weighted by molar-refractivity contribution is 6.33. The molecule has 1 N–H and O–H groups in total. The van der Waals surface area contributed by atoms with Gasteiger partial charge in [0.25, 0.3) is 0 Å². The molecule has 0 amide bonds. The molecule has 1 aliphatic rings. The standard InChI is InChI=1S/C14H21ClN2O/c1-11(12(2)18)16-7-9-17(10-8-16)14-6-4-3-5-13(14)15/h3-6,11-12,18H,7-10H2,1-2H3. The molecule has 1 aromatic carbocycles. The maximum Gasteiger partial charge on any atom is 0.0664 e. The molecule has 2 atom stereocenters. The maximum absolute atomic E-state index is 9.62. The second-order valence-corrected chi connectivity index (χ2v) is 5.36. The van der Waals surface area contributed by atoms with Crippen molar-refractivity contribution in [3.05, 3.63) is 29.3 Å². The summed E-state index contributed by atoms with van der Waals surface area (Å²) >= 11 is 6.21. The van der Waals surface area contributed by atoms with Gasteiger partial charge < -0.3 is 10.0 Å². The van der Waals surface area contributed by atoms with E-state index in [-0.39, 0.29) is 12.1 Å². The second-order valence-electron chi connectivity index (χ2n) is 4.96. The Morgan fingerprint density at radius 1 is 1.11 bits per heavy atom. The minimum Gasteiger partial charge on any atom is -0.392 e. The number of anilines is 1. The summed E-state index contributed by atoms with van der Waals surface area (Å²) < 4.78 is 0. The van der Waals surface area contributed by atoms with Crippen molar-refractivity contribution in [2.24, 2.45) is 0 Å². The molecular weight excluding hydrogens is 248 g/mol. The van der Waals surface area contributed by atoms with E-state index >= 15 is 0 Å². The van der Waals surface area contributed by atoms with E-state index in [1.54, 1.807) is 0 Å². The lowest BCUT2D eigenvalue weighted by Crippen LogP contribution is -2.52. The monoisotopic (exact) mass is 268 g/mol. The van der Waals surface area contributed by atoms with Gasteiger partial charge in [0.2, 0.25) is 0 Å². The van der Waals surface area contributed by atoms with E-state index in [4.69, 9.17) is 11.6 Å². The van der Waals surface area contributed by atoms with Crippen LogP contribution in [0.25, 0.3) is 0 Å². The van der Waals surface area contributed by atoms with Crippen LogP contribution in [0.2, 0.25) is 5.02 Å². The van der Waals surface area contributed by atoms with Crippen molar-refractivity contribution in [2.45, 2.75) is 26.0 Å². The second kappa shape index (κ2) is 5.91. The van der Waals surface area contributed by atoms with Crippen LogP contribution in [0.4, 0.5) is 5.69 Å². The van der Waals surface area contributed by atoms with Crippen molar-refractivity contribution < 1.29 is 5.11 Å². The third kappa shape index (κ3) is 2.97. The van der Waals surface area contributed by atoms with Gasteiger partial charge in [0.05, 0.1) is 16.8 Å². The zero-order chi connectivity index (χ0) is 13.1. The lowest BCUT2D eigenvalue weighted by Gasteiger charge is -2.40. The van der Waals surface area contributed by atoms with Crippen molar-refractivity contribution >= 4 is 17.3 Å². The van der Waals surface area contributed by atoms with Crippen LogP contribution >= 0.6 is 11.6 Å². The minimum absolute atomic E-state index is 0.221. The molecule has 0 aliphatic carbocycles. The fourth-order valence-electron chi connectivity index (χ4n) is 2.38. The summed E-state index contributed by atoms with van der Waals surface area (Å²) in [6.45, 7) is 7.79. The highest BCUT2D eigenvalue weighted by Crippen LogP contribution is 2.26. The summed E-state index contributed by atoms with van der Waals surface area (Å²) in [5, 5.41) is 10.4. The number of aliphatic hydroxyl groups is 1. The number of piperazine rings is 1. The summed E-state index contributed by atoms with van der Waals surface area (Å²) in [4.78, 5) is 4.64. The van der Waals surface area contributed by atoms with Crippen LogP contribution in [0, 0.1) is 0 Å². The van der Waals surface area contributed by atoms with Crippen molar-refractivity contribution in [3.8, 4) is 0 Å². The Kier molecular flexibility index (Phi) is 4.49. The smallest absolute Gasteiger partial charge is 0.0664 e. The average molecular weight is 269 g/mol. The molecule has 2 rings (SSSR count). The Balaban J connectivity index is 1.97. The number of benzene rings is 1. The van der Waals surface area contributed by atoms with E-state index in [9.17, 15) is 5.11 Å². The molecular formula is C14H21ClN2O. The van der Waals surface area contributed by atoms with Crippen LogP contribution < -0.4 is 4.90 Å².